The van der Waals surface area contributed by atoms with E-state index in [2.05, 4.69) is 32.6 Å². The number of nitrogens with zero attached hydrogens (tertiary/aromatic N) is 1. The van der Waals surface area contributed by atoms with Crippen molar-refractivity contribution in [3.8, 4) is 11.5 Å². The molecule has 0 spiro atoms. The van der Waals surface area contributed by atoms with Crippen molar-refractivity contribution in [2.75, 3.05) is 26.3 Å². The molecule has 0 aliphatic carbocycles. The fraction of sp³-hybridized carbons (Fsp3) is 0.650. The number of ether oxygens (including phenoxy) is 2. The highest BCUT2D eigenvalue weighted by molar-refractivity contribution is 5.90. The molecule has 0 aliphatic heterocycles. The van der Waals surface area contributed by atoms with Gasteiger partial charge < -0.3 is 14.6 Å². The molecule has 0 radical (unpaired) electrons. The van der Waals surface area contributed by atoms with Gasteiger partial charge in [-0.25, -0.2) is 4.79 Å². The van der Waals surface area contributed by atoms with Gasteiger partial charge in [-0.2, -0.15) is 0 Å². The van der Waals surface area contributed by atoms with Crippen LogP contribution in [0.4, 0.5) is 0 Å². The number of carbonyl (C=O) groups excluding carboxylic acids is 1. The summed E-state index contributed by atoms with van der Waals surface area (Å²) in [5, 5.41) is 9.82. The molecule has 1 aromatic carbocycles. The Kier molecular flexibility index (Phi) is 9.35. The number of phenols is 1. The van der Waals surface area contributed by atoms with Crippen LogP contribution >= 0.6 is 0 Å². The molecule has 0 heterocycles. The summed E-state index contributed by atoms with van der Waals surface area (Å²) < 4.78 is 11.0. The van der Waals surface area contributed by atoms with Crippen LogP contribution in [0.1, 0.15) is 57.8 Å². The average molecular weight is 351 g/mol. The number of carbonyl (C=O) groups is 1. The number of hydrogen-bond donors (Lipinski definition) is 1. The highest BCUT2D eigenvalue weighted by atomic mass is 16.5. The van der Waals surface area contributed by atoms with Gasteiger partial charge in [-0.15, -0.1) is 0 Å². The van der Waals surface area contributed by atoms with Gasteiger partial charge in [-0.05, 0) is 43.6 Å². The predicted molar refractivity (Wildman–Crippen MR) is 100 cm³/mol. The molecule has 0 bridgehead atoms. The lowest BCUT2D eigenvalue weighted by Crippen LogP contribution is -2.43. The van der Waals surface area contributed by atoms with E-state index in [1.54, 1.807) is 12.1 Å². The summed E-state index contributed by atoms with van der Waals surface area (Å²) in [5.74, 6) is 0.405. The van der Waals surface area contributed by atoms with E-state index in [4.69, 9.17) is 9.47 Å². The number of phenolic OH excluding ortho intramolecular Hbond substituents is 1. The molecule has 0 amide bonds. The fourth-order valence-electron chi connectivity index (χ4n) is 2.81. The third-order valence-electron chi connectivity index (χ3n) is 4.62. The number of esters is 1. The molecule has 5 heteroatoms. The third-order valence-corrected chi connectivity index (χ3v) is 4.62. The van der Waals surface area contributed by atoms with Crippen LogP contribution in [0.25, 0.3) is 0 Å². The predicted octanol–water partition coefficient (Wildman–Crippen LogP) is 4.09. The van der Waals surface area contributed by atoms with Crippen molar-refractivity contribution in [3.63, 3.8) is 0 Å². The van der Waals surface area contributed by atoms with E-state index in [-0.39, 0.29) is 17.8 Å². The molecular weight excluding hydrogens is 318 g/mol. The maximum atomic E-state index is 12.4. The largest absolute Gasteiger partial charge is 0.504 e. The smallest absolute Gasteiger partial charge is 0.338 e. The van der Waals surface area contributed by atoms with Gasteiger partial charge in [0.25, 0.3) is 0 Å². The van der Waals surface area contributed by atoms with Crippen molar-refractivity contribution in [2.24, 2.45) is 5.92 Å². The molecule has 0 saturated carbocycles. The van der Waals surface area contributed by atoms with E-state index in [1.807, 2.05) is 6.92 Å². The Morgan fingerprint density at radius 1 is 1.20 bits per heavy atom. The lowest BCUT2D eigenvalue weighted by atomic mass is 9.98. The lowest BCUT2D eigenvalue weighted by molar-refractivity contribution is 0.0271. The summed E-state index contributed by atoms with van der Waals surface area (Å²) in [5.41, 5.74) is 0.395. The number of likely N-dealkylation sites (N-methyl/N-ethyl adjacent to an activating group) is 1. The van der Waals surface area contributed by atoms with E-state index in [1.165, 1.54) is 6.07 Å². The van der Waals surface area contributed by atoms with Crippen molar-refractivity contribution < 1.29 is 19.4 Å². The van der Waals surface area contributed by atoms with Crippen LogP contribution in [0.15, 0.2) is 18.2 Å². The van der Waals surface area contributed by atoms with Crippen molar-refractivity contribution >= 4 is 5.97 Å². The molecule has 0 aliphatic rings. The molecule has 0 aromatic heterocycles. The van der Waals surface area contributed by atoms with E-state index < -0.39 is 0 Å². The summed E-state index contributed by atoms with van der Waals surface area (Å²) in [4.78, 5) is 14.7. The minimum Gasteiger partial charge on any atom is -0.504 e. The van der Waals surface area contributed by atoms with Gasteiger partial charge in [0.1, 0.15) is 6.61 Å². The first-order chi connectivity index (χ1) is 12.0. The standard InChI is InChI=1S/C20H33NO4/c1-6-12-24-19-13-16(10-11-18(19)22)20(23)25-14-17(15(5)7-2)21(8-3)9-4/h10-11,13,15,17,22H,6-9,12,14H2,1-5H3/t15?,17-/m1/s1. The van der Waals surface area contributed by atoms with E-state index >= 15 is 0 Å². The average Bonchev–Trinajstić information content (AvgIpc) is 2.63. The molecule has 0 fully saturated rings. The maximum Gasteiger partial charge on any atom is 0.338 e. The minimum atomic E-state index is -0.387. The van der Waals surface area contributed by atoms with Gasteiger partial charge >= 0.3 is 5.97 Å². The van der Waals surface area contributed by atoms with E-state index in [0.717, 1.165) is 25.9 Å². The Morgan fingerprint density at radius 2 is 1.88 bits per heavy atom. The molecule has 1 rings (SSSR count). The number of rotatable bonds is 11. The molecule has 1 aromatic rings. The summed E-state index contributed by atoms with van der Waals surface area (Å²) in [6.07, 6.45) is 1.86. The van der Waals surface area contributed by atoms with Gasteiger partial charge in [0.05, 0.1) is 12.2 Å². The number of aromatic hydroxyl groups is 1. The van der Waals surface area contributed by atoms with Crippen LogP contribution in [0.2, 0.25) is 0 Å². The number of benzene rings is 1. The van der Waals surface area contributed by atoms with Gasteiger partial charge in [-0.1, -0.05) is 41.0 Å². The lowest BCUT2D eigenvalue weighted by Gasteiger charge is -2.33. The van der Waals surface area contributed by atoms with E-state index in [0.29, 0.717) is 30.4 Å². The Balaban J connectivity index is 2.79. The van der Waals surface area contributed by atoms with E-state index in [9.17, 15) is 9.90 Å². The van der Waals surface area contributed by atoms with Gasteiger partial charge in [0.15, 0.2) is 11.5 Å². The second kappa shape index (κ2) is 11.0. The molecule has 142 valence electrons. The molecular formula is C20H33NO4. The first kappa shape index (κ1) is 21.3. The zero-order valence-electron chi connectivity index (χ0n) is 16.2. The Hall–Kier alpha value is -1.75. The zero-order valence-corrected chi connectivity index (χ0v) is 16.2. The van der Waals surface area contributed by atoms with Crippen molar-refractivity contribution in [3.05, 3.63) is 23.8 Å². The monoisotopic (exact) mass is 351 g/mol. The first-order valence-electron chi connectivity index (χ1n) is 9.35. The van der Waals surface area contributed by atoms with Gasteiger partial charge in [-0.3, -0.25) is 4.90 Å². The topological polar surface area (TPSA) is 59.0 Å². The molecule has 5 nitrogen and oxygen atoms in total. The first-order valence-corrected chi connectivity index (χ1v) is 9.35. The van der Waals surface area contributed by atoms with Crippen LogP contribution < -0.4 is 4.74 Å². The normalized spacial score (nSPS) is 13.5. The van der Waals surface area contributed by atoms with Crippen molar-refractivity contribution in [2.45, 2.75) is 53.5 Å². The summed E-state index contributed by atoms with van der Waals surface area (Å²) in [6, 6.07) is 4.78. The summed E-state index contributed by atoms with van der Waals surface area (Å²) in [7, 11) is 0. The van der Waals surface area contributed by atoms with Crippen LogP contribution in [0.3, 0.4) is 0 Å². The number of hydrogen-bond acceptors (Lipinski definition) is 5. The molecule has 2 atom stereocenters. The van der Waals surface area contributed by atoms with Gasteiger partial charge in [0.2, 0.25) is 0 Å². The Labute approximate surface area is 151 Å². The highest BCUT2D eigenvalue weighted by Gasteiger charge is 2.23. The van der Waals surface area contributed by atoms with Crippen LogP contribution in [-0.2, 0) is 4.74 Å². The molecule has 0 saturated heterocycles. The minimum absolute atomic E-state index is 0.0330. The van der Waals surface area contributed by atoms with Crippen LogP contribution in [0.5, 0.6) is 11.5 Å². The molecule has 25 heavy (non-hydrogen) atoms. The molecule has 1 unspecified atom stereocenters. The Morgan fingerprint density at radius 3 is 2.44 bits per heavy atom. The zero-order chi connectivity index (χ0) is 18.8. The van der Waals surface area contributed by atoms with Crippen LogP contribution in [-0.4, -0.2) is 48.3 Å². The summed E-state index contributed by atoms with van der Waals surface area (Å²) >= 11 is 0. The summed E-state index contributed by atoms with van der Waals surface area (Å²) in [6.45, 7) is 13.3. The fourth-order valence-corrected chi connectivity index (χ4v) is 2.81. The van der Waals surface area contributed by atoms with Crippen LogP contribution in [0, 0.1) is 5.92 Å². The third kappa shape index (κ3) is 6.24. The SMILES string of the molecule is CCCOc1cc(C(=O)OC[C@H](C(C)CC)N(CC)CC)ccc1O. The Bertz CT molecular complexity index is 528. The quantitative estimate of drug-likeness (QED) is 0.608. The van der Waals surface area contributed by atoms with Crippen molar-refractivity contribution in [1.29, 1.82) is 0 Å². The second-order valence-corrected chi connectivity index (χ2v) is 6.30. The maximum absolute atomic E-state index is 12.4. The molecule has 1 N–H and O–H groups in total. The van der Waals surface area contributed by atoms with Gasteiger partial charge in [0, 0.05) is 6.04 Å². The second-order valence-electron chi connectivity index (χ2n) is 6.30. The highest BCUT2D eigenvalue weighted by Crippen LogP contribution is 2.27. The van der Waals surface area contributed by atoms with Crippen molar-refractivity contribution in [1.82, 2.24) is 4.90 Å².